The molecule has 1 aliphatic rings. The third kappa shape index (κ3) is 6.43. The first-order chi connectivity index (χ1) is 20.7. The monoisotopic (exact) mass is 581 g/mol. The fourth-order valence-corrected chi connectivity index (χ4v) is 5.25. The fraction of sp³-hybridized carbons (Fsp3) is 0.323. The summed E-state index contributed by atoms with van der Waals surface area (Å²) in [5.74, 6) is 0.943. The third-order valence-electron chi connectivity index (χ3n) is 7.44. The molecule has 0 unspecified atom stereocenters. The van der Waals surface area contributed by atoms with Crippen LogP contribution in [-0.2, 0) is 11.3 Å². The van der Waals surface area contributed by atoms with Crippen molar-refractivity contribution in [3.63, 3.8) is 0 Å². The SMILES string of the molecule is C[C@@H](Cn1c(=O)n(-c2ccc(Oc3ccccc3)cc2)c2c(N)ncnc21)NC(=O)C(C#N)=CC(C)(C)N1CCNCC1. The van der Waals surface area contributed by atoms with Crippen molar-refractivity contribution in [2.45, 2.75) is 38.9 Å². The van der Waals surface area contributed by atoms with Crippen LogP contribution in [-0.4, -0.2) is 67.7 Å². The lowest BCUT2D eigenvalue weighted by Crippen LogP contribution is -2.52. The van der Waals surface area contributed by atoms with Crippen molar-refractivity contribution in [2.24, 2.45) is 0 Å². The lowest BCUT2D eigenvalue weighted by Gasteiger charge is -2.39. The highest BCUT2D eigenvalue weighted by atomic mass is 16.5. The lowest BCUT2D eigenvalue weighted by atomic mass is 9.97. The molecule has 222 valence electrons. The van der Waals surface area contributed by atoms with Crippen molar-refractivity contribution in [1.29, 1.82) is 5.26 Å². The van der Waals surface area contributed by atoms with Crippen LogP contribution < -0.4 is 26.8 Å². The first-order valence-corrected chi connectivity index (χ1v) is 14.1. The summed E-state index contributed by atoms with van der Waals surface area (Å²) in [7, 11) is 0. The van der Waals surface area contributed by atoms with Crippen LogP contribution in [0, 0.1) is 11.3 Å². The molecule has 1 amide bonds. The van der Waals surface area contributed by atoms with Gasteiger partial charge in [0.1, 0.15) is 35.0 Å². The second kappa shape index (κ2) is 12.5. The highest BCUT2D eigenvalue weighted by Crippen LogP contribution is 2.25. The first-order valence-electron chi connectivity index (χ1n) is 14.1. The molecule has 1 aliphatic heterocycles. The highest BCUT2D eigenvalue weighted by molar-refractivity contribution is 5.97. The predicted octanol–water partition coefficient (Wildman–Crippen LogP) is 2.60. The molecule has 43 heavy (non-hydrogen) atoms. The number of nitrogen functional groups attached to an aromatic ring is 1. The third-order valence-corrected chi connectivity index (χ3v) is 7.44. The Labute approximate surface area is 249 Å². The second-order valence-electron chi connectivity index (χ2n) is 11.0. The van der Waals surface area contributed by atoms with Gasteiger partial charge in [-0.1, -0.05) is 18.2 Å². The second-order valence-corrected chi connectivity index (χ2v) is 11.0. The Bertz CT molecular complexity index is 1730. The van der Waals surface area contributed by atoms with Crippen LogP contribution in [0.1, 0.15) is 20.8 Å². The van der Waals surface area contributed by atoms with E-state index in [0.29, 0.717) is 28.4 Å². The van der Waals surface area contributed by atoms with Crippen LogP contribution in [0.2, 0.25) is 0 Å². The van der Waals surface area contributed by atoms with Crippen molar-refractivity contribution in [3.8, 4) is 23.3 Å². The maximum atomic E-state index is 13.8. The first kappa shape index (κ1) is 29.5. The summed E-state index contributed by atoms with van der Waals surface area (Å²) >= 11 is 0. The molecule has 2 aromatic carbocycles. The molecule has 1 saturated heterocycles. The van der Waals surface area contributed by atoms with E-state index in [1.165, 1.54) is 15.5 Å². The maximum Gasteiger partial charge on any atom is 0.335 e. The number of carbonyl (C=O) groups is 1. The van der Waals surface area contributed by atoms with Gasteiger partial charge in [0.05, 0.1) is 5.69 Å². The molecular weight excluding hydrogens is 546 g/mol. The molecule has 4 N–H and O–H groups in total. The smallest absolute Gasteiger partial charge is 0.335 e. The molecule has 12 heteroatoms. The standard InChI is InChI=1S/C31H35N9O3/c1-21(37-29(41)22(18-32)17-31(2,3)38-15-13-34-14-16-38)19-39-28-26(27(33)35-20-36-28)40(30(39)42)23-9-11-25(12-10-23)43-24-7-5-4-6-8-24/h4-12,17,20-21,34H,13-16,19H2,1-3H3,(H,37,41)(H2,33,35,36)/t21-/m0/s1. The number of hydrogen-bond donors (Lipinski definition) is 3. The van der Waals surface area contributed by atoms with Gasteiger partial charge in [0.15, 0.2) is 11.5 Å². The van der Waals surface area contributed by atoms with Crippen molar-refractivity contribution in [3.05, 3.63) is 83.1 Å². The molecule has 4 aromatic rings. The molecule has 0 radical (unpaired) electrons. The Morgan fingerprint density at radius 2 is 1.81 bits per heavy atom. The molecular formula is C31H35N9O3. The number of nitrogens with one attached hydrogen (secondary N) is 2. The summed E-state index contributed by atoms with van der Waals surface area (Å²) in [4.78, 5) is 37.6. The zero-order valence-corrected chi connectivity index (χ0v) is 24.4. The molecule has 1 atom stereocenters. The molecule has 0 bridgehead atoms. The number of hydrogen-bond acceptors (Lipinski definition) is 9. The number of para-hydroxylation sites is 1. The summed E-state index contributed by atoms with van der Waals surface area (Å²) in [6.45, 7) is 9.19. The summed E-state index contributed by atoms with van der Waals surface area (Å²) in [5.41, 5.74) is 6.63. The van der Waals surface area contributed by atoms with Crippen molar-refractivity contribution in [2.75, 3.05) is 31.9 Å². The van der Waals surface area contributed by atoms with Gasteiger partial charge in [-0.3, -0.25) is 18.8 Å². The molecule has 5 rings (SSSR count). The van der Waals surface area contributed by atoms with Crippen LogP contribution in [0.25, 0.3) is 16.9 Å². The number of anilines is 1. The van der Waals surface area contributed by atoms with Gasteiger partial charge in [-0.25, -0.2) is 14.8 Å². The zero-order chi connectivity index (χ0) is 30.6. The number of amides is 1. The number of imidazole rings is 1. The number of rotatable bonds is 9. The molecule has 0 aliphatic carbocycles. The molecule has 12 nitrogen and oxygen atoms in total. The number of benzene rings is 2. The topological polar surface area (TPSA) is 156 Å². The van der Waals surface area contributed by atoms with Crippen LogP contribution in [0.3, 0.4) is 0 Å². The minimum absolute atomic E-state index is 0.0227. The quantitative estimate of drug-likeness (QED) is 0.200. The van der Waals surface area contributed by atoms with Crippen molar-refractivity contribution >= 4 is 22.9 Å². The van der Waals surface area contributed by atoms with E-state index in [9.17, 15) is 14.9 Å². The minimum Gasteiger partial charge on any atom is -0.457 e. The number of aromatic nitrogens is 4. The van der Waals surface area contributed by atoms with Crippen LogP contribution in [0.15, 0.2) is 77.4 Å². The minimum atomic E-state index is -0.513. The largest absolute Gasteiger partial charge is 0.457 e. The van der Waals surface area contributed by atoms with Gasteiger partial charge >= 0.3 is 5.69 Å². The van der Waals surface area contributed by atoms with E-state index in [1.807, 2.05) is 50.2 Å². The Balaban J connectivity index is 1.38. The van der Waals surface area contributed by atoms with Crippen molar-refractivity contribution in [1.82, 2.24) is 34.6 Å². The Hall–Kier alpha value is -4.99. The highest BCUT2D eigenvalue weighted by Gasteiger charge is 2.28. The van der Waals surface area contributed by atoms with Gasteiger partial charge < -0.3 is 21.1 Å². The van der Waals surface area contributed by atoms with Gasteiger partial charge in [0.2, 0.25) is 0 Å². The average molecular weight is 582 g/mol. The van der Waals surface area contributed by atoms with Gasteiger partial charge in [-0.2, -0.15) is 5.26 Å². The maximum absolute atomic E-state index is 13.8. The van der Waals surface area contributed by atoms with Gasteiger partial charge in [0, 0.05) is 44.3 Å². The van der Waals surface area contributed by atoms with Gasteiger partial charge in [0.25, 0.3) is 5.91 Å². The number of carbonyl (C=O) groups excluding carboxylic acids is 1. The van der Waals surface area contributed by atoms with E-state index in [4.69, 9.17) is 10.5 Å². The number of piperazine rings is 1. The van der Waals surface area contributed by atoms with E-state index < -0.39 is 23.2 Å². The lowest BCUT2D eigenvalue weighted by molar-refractivity contribution is -0.117. The summed E-state index contributed by atoms with van der Waals surface area (Å²) in [5, 5.41) is 16.0. The number of nitrogens with zero attached hydrogens (tertiary/aromatic N) is 6. The van der Waals surface area contributed by atoms with E-state index in [0.717, 1.165) is 26.2 Å². The molecule has 2 aromatic heterocycles. The van der Waals surface area contributed by atoms with Crippen LogP contribution in [0.4, 0.5) is 5.82 Å². The van der Waals surface area contributed by atoms with E-state index >= 15 is 0 Å². The number of fused-ring (bicyclic) bond motifs is 1. The predicted molar refractivity (Wildman–Crippen MR) is 164 cm³/mol. The van der Waals surface area contributed by atoms with Crippen LogP contribution in [0.5, 0.6) is 11.5 Å². The normalized spacial score (nSPS) is 15.2. The van der Waals surface area contributed by atoms with E-state index in [1.54, 1.807) is 37.3 Å². The molecule has 0 saturated carbocycles. The van der Waals surface area contributed by atoms with Gasteiger partial charge in [-0.05, 0) is 63.2 Å². The Morgan fingerprint density at radius 3 is 2.49 bits per heavy atom. The Kier molecular flexibility index (Phi) is 8.56. The van der Waals surface area contributed by atoms with Crippen molar-refractivity contribution < 1.29 is 9.53 Å². The fourth-order valence-electron chi connectivity index (χ4n) is 5.25. The van der Waals surface area contributed by atoms with E-state index in [-0.39, 0.29) is 17.9 Å². The summed E-state index contributed by atoms with van der Waals surface area (Å²) < 4.78 is 8.78. The molecule has 3 heterocycles. The van der Waals surface area contributed by atoms with E-state index in [2.05, 4.69) is 25.5 Å². The molecule has 0 spiro atoms. The Morgan fingerprint density at radius 1 is 1.14 bits per heavy atom. The average Bonchev–Trinajstić information content (AvgIpc) is 3.29. The van der Waals surface area contributed by atoms with Gasteiger partial charge in [-0.15, -0.1) is 0 Å². The summed E-state index contributed by atoms with van der Waals surface area (Å²) in [6.07, 6.45) is 3.00. The zero-order valence-electron chi connectivity index (χ0n) is 24.4. The molecule has 1 fully saturated rings. The number of ether oxygens (including phenoxy) is 1. The number of nitriles is 1. The van der Waals surface area contributed by atoms with Crippen LogP contribution >= 0.6 is 0 Å². The summed E-state index contributed by atoms with van der Waals surface area (Å²) in [6, 6.07) is 18.0. The number of nitrogens with two attached hydrogens (primary N) is 1.